The first-order valence-corrected chi connectivity index (χ1v) is 6.21. The van der Waals surface area contributed by atoms with Gasteiger partial charge in [-0.15, -0.1) is 0 Å². The highest BCUT2D eigenvalue weighted by molar-refractivity contribution is 9.10. The fraction of sp³-hybridized carbons (Fsp3) is 0.417. The molecule has 0 bridgehead atoms. The van der Waals surface area contributed by atoms with Gasteiger partial charge in [-0.05, 0) is 37.0 Å². The van der Waals surface area contributed by atoms with E-state index in [1.165, 1.54) is 5.56 Å². The molecule has 0 saturated heterocycles. The maximum atomic E-state index is 11.5. The number of rotatable bonds is 4. The van der Waals surface area contributed by atoms with Gasteiger partial charge < -0.3 is 11.1 Å². The summed E-state index contributed by atoms with van der Waals surface area (Å²) in [5.41, 5.74) is 6.43. The number of carbonyl (C=O) groups is 1. The van der Waals surface area contributed by atoms with Gasteiger partial charge in [-0.2, -0.15) is 0 Å². The van der Waals surface area contributed by atoms with Crippen molar-refractivity contribution in [3.8, 4) is 0 Å². The second kappa shape index (κ2) is 4.55. The minimum absolute atomic E-state index is 0.00962. The number of hydrogen-bond acceptors (Lipinski definition) is 2. The van der Waals surface area contributed by atoms with Crippen LogP contribution < -0.4 is 11.1 Å². The Bertz CT molecular complexity index is 385. The Labute approximate surface area is 104 Å². The second-order valence-corrected chi connectivity index (χ2v) is 5.20. The third-order valence-corrected chi connectivity index (χ3v) is 3.38. The van der Waals surface area contributed by atoms with Gasteiger partial charge in [0.25, 0.3) is 0 Å². The predicted molar refractivity (Wildman–Crippen MR) is 67.0 cm³/mol. The zero-order valence-electron chi connectivity index (χ0n) is 9.00. The summed E-state index contributed by atoms with van der Waals surface area (Å²) >= 11 is 3.38. The average Bonchev–Trinajstić information content (AvgIpc) is 3.01. The predicted octanol–water partition coefficient (Wildman–Crippen LogP) is 1.60. The van der Waals surface area contributed by atoms with Gasteiger partial charge in [-0.3, -0.25) is 4.79 Å². The lowest BCUT2D eigenvalue weighted by atomic mass is 10.1. The van der Waals surface area contributed by atoms with Gasteiger partial charge in [0.1, 0.15) is 0 Å². The van der Waals surface area contributed by atoms with Crippen molar-refractivity contribution in [2.45, 2.75) is 24.8 Å². The molecule has 86 valence electrons. The van der Waals surface area contributed by atoms with Crippen molar-refractivity contribution in [1.82, 2.24) is 5.32 Å². The Kier molecular flexibility index (Phi) is 3.30. The molecule has 1 aromatic rings. The number of hydrogen-bond donors (Lipinski definition) is 2. The van der Waals surface area contributed by atoms with E-state index in [1.54, 1.807) is 0 Å². The fourth-order valence-electron chi connectivity index (χ4n) is 1.51. The molecular formula is C12H15BrN2O. The van der Waals surface area contributed by atoms with Crippen LogP contribution >= 0.6 is 15.9 Å². The van der Waals surface area contributed by atoms with Crippen molar-refractivity contribution < 1.29 is 4.79 Å². The third-order valence-electron chi connectivity index (χ3n) is 2.85. The molecule has 1 aromatic carbocycles. The van der Waals surface area contributed by atoms with E-state index in [2.05, 4.69) is 21.2 Å². The molecule has 1 amide bonds. The Hall–Kier alpha value is -0.870. The zero-order valence-corrected chi connectivity index (χ0v) is 10.6. The van der Waals surface area contributed by atoms with Crippen molar-refractivity contribution in [2.75, 3.05) is 6.54 Å². The summed E-state index contributed by atoms with van der Waals surface area (Å²) in [6, 6.07) is 8.10. The Morgan fingerprint density at radius 2 is 2.00 bits per heavy atom. The van der Waals surface area contributed by atoms with E-state index in [-0.39, 0.29) is 5.91 Å². The monoisotopic (exact) mass is 282 g/mol. The highest BCUT2D eigenvalue weighted by Gasteiger charge is 2.45. The molecule has 1 saturated carbocycles. The summed E-state index contributed by atoms with van der Waals surface area (Å²) in [6.07, 6.45) is 2.48. The van der Waals surface area contributed by atoms with E-state index >= 15 is 0 Å². The van der Waals surface area contributed by atoms with Crippen molar-refractivity contribution in [2.24, 2.45) is 5.73 Å². The molecule has 0 heterocycles. The topological polar surface area (TPSA) is 55.1 Å². The second-order valence-electron chi connectivity index (χ2n) is 4.29. The van der Waals surface area contributed by atoms with Crippen molar-refractivity contribution in [3.63, 3.8) is 0 Å². The van der Waals surface area contributed by atoms with Crippen LogP contribution in [-0.2, 0) is 11.2 Å². The number of halogens is 1. The van der Waals surface area contributed by atoms with Gasteiger partial charge in [-0.1, -0.05) is 28.1 Å². The first-order valence-electron chi connectivity index (χ1n) is 5.42. The molecule has 3 nitrogen and oxygen atoms in total. The highest BCUT2D eigenvalue weighted by Crippen LogP contribution is 2.31. The molecular weight excluding hydrogens is 268 g/mol. The van der Waals surface area contributed by atoms with Crippen LogP contribution in [0, 0.1) is 0 Å². The lowest BCUT2D eigenvalue weighted by molar-refractivity contribution is -0.123. The van der Waals surface area contributed by atoms with Gasteiger partial charge >= 0.3 is 0 Å². The van der Waals surface area contributed by atoms with Crippen LogP contribution in [0.15, 0.2) is 28.7 Å². The van der Waals surface area contributed by atoms with Crippen molar-refractivity contribution in [3.05, 3.63) is 34.3 Å². The minimum Gasteiger partial charge on any atom is -0.354 e. The molecule has 4 heteroatoms. The molecule has 1 aliphatic carbocycles. The average molecular weight is 283 g/mol. The summed E-state index contributed by atoms with van der Waals surface area (Å²) in [6.45, 7) is 0.652. The van der Waals surface area contributed by atoms with E-state index in [1.807, 2.05) is 24.3 Å². The molecule has 2 rings (SSSR count). The molecule has 3 N–H and O–H groups in total. The molecule has 1 fully saturated rings. The number of amides is 1. The van der Waals surface area contributed by atoms with Crippen molar-refractivity contribution >= 4 is 21.8 Å². The van der Waals surface area contributed by atoms with Crippen LogP contribution in [-0.4, -0.2) is 18.0 Å². The summed E-state index contributed by atoms with van der Waals surface area (Å²) in [4.78, 5) is 11.5. The first kappa shape index (κ1) is 11.6. The lowest BCUT2D eigenvalue weighted by Crippen LogP contribution is -2.43. The van der Waals surface area contributed by atoms with E-state index in [9.17, 15) is 4.79 Å². The Balaban J connectivity index is 1.75. The van der Waals surface area contributed by atoms with Gasteiger partial charge in [0.15, 0.2) is 0 Å². The number of benzene rings is 1. The fourth-order valence-corrected chi connectivity index (χ4v) is 1.77. The van der Waals surface area contributed by atoms with Crippen LogP contribution in [0.2, 0.25) is 0 Å². The van der Waals surface area contributed by atoms with E-state index in [0.717, 1.165) is 23.7 Å². The van der Waals surface area contributed by atoms with Crippen LogP contribution in [0.5, 0.6) is 0 Å². The van der Waals surface area contributed by atoms with E-state index < -0.39 is 5.54 Å². The summed E-state index contributed by atoms with van der Waals surface area (Å²) in [5.74, 6) is -0.00962. The molecule has 16 heavy (non-hydrogen) atoms. The first-order chi connectivity index (χ1) is 7.60. The summed E-state index contributed by atoms with van der Waals surface area (Å²) in [7, 11) is 0. The third kappa shape index (κ3) is 2.83. The smallest absolute Gasteiger partial charge is 0.240 e. The molecule has 0 aromatic heterocycles. The minimum atomic E-state index is -0.556. The number of nitrogens with two attached hydrogens (primary N) is 1. The van der Waals surface area contributed by atoms with Crippen molar-refractivity contribution in [1.29, 1.82) is 0 Å². The molecule has 0 radical (unpaired) electrons. The summed E-state index contributed by atoms with van der Waals surface area (Å²) < 4.78 is 1.07. The maximum absolute atomic E-state index is 11.5. The Morgan fingerprint density at radius 3 is 2.56 bits per heavy atom. The molecule has 0 atom stereocenters. The number of carbonyl (C=O) groups excluding carboxylic acids is 1. The van der Waals surface area contributed by atoms with Crippen LogP contribution in [0.4, 0.5) is 0 Å². The van der Waals surface area contributed by atoms with E-state index in [4.69, 9.17) is 5.73 Å². The van der Waals surface area contributed by atoms with Crippen LogP contribution in [0.1, 0.15) is 18.4 Å². The largest absolute Gasteiger partial charge is 0.354 e. The quantitative estimate of drug-likeness (QED) is 0.882. The SMILES string of the molecule is NC1(C(=O)NCCc2ccc(Br)cc2)CC1. The highest BCUT2D eigenvalue weighted by atomic mass is 79.9. The summed E-state index contributed by atoms with van der Waals surface area (Å²) in [5, 5.41) is 2.87. The maximum Gasteiger partial charge on any atom is 0.240 e. The van der Waals surface area contributed by atoms with Crippen LogP contribution in [0.3, 0.4) is 0 Å². The molecule has 0 spiro atoms. The molecule has 0 unspecified atom stereocenters. The van der Waals surface area contributed by atoms with Gasteiger partial charge in [0, 0.05) is 11.0 Å². The van der Waals surface area contributed by atoms with Crippen LogP contribution in [0.25, 0.3) is 0 Å². The number of nitrogens with one attached hydrogen (secondary N) is 1. The normalized spacial score (nSPS) is 16.9. The van der Waals surface area contributed by atoms with Gasteiger partial charge in [0.2, 0.25) is 5.91 Å². The Morgan fingerprint density at radius 1 is 1.38 bits per heavy atom. The van der Waals surface area contributed by atoms with Gasteiger partial charge in [-0.25, -0.2) is 0 Å². The molecule has 0 aliphatic heterocycles. The zero-order chi connectivity index (χ0) is 11.6. The standard InChI is InChI=1S/C12H15BrN2O/c13-10-3-1-9(2-4-10)5-8-15-11(16)12(14)6-7-12/h1-4H,5-8,14H2,(H,15,16). The van der Waals surface area contributed by atoms with Gasteiger partial charge in [0.05, 0.1) is 5.54 Å². The van der Waals surface area contributed by atoms with E-state index in [0.29, 0.717) is 6.54 Å². The molecule has 1 aliphatic rings. The lowest BCUT2D eigenvalue weighted by Gasteiger charge is -2.09.